The highest BCUT2D eigenvalue weighted by Crippen LogP contribution is 2.35. The number of rotatable bonds is 2. The molecule has 3 rings (SSSR count). The standard InChI is InChI=1S/C16H14N2O/c1-19-14-5-3-12(4-6-14)16-9-13-8-11(10-17)2-7-15(13)18-16/h2-8,16,18H,9H2,1H3. The number of ether oxygens (including phenoxy) is 1. The van der Waals surface area contributed by atoms with Crippen LogP contribution in [0.1, 0.15) is 22.7 Å². The highest BCUT2D eigenvalue weighted by molar-refractivity contribution is 5.60. The maximum Gasteiger partial charge on any atom is 0.118 e. The lowest BCUT2D eigenvalue weighted by molar-refractivity contribution is 0.414. The molecule has 1 aliphatic heterocycles. The van der Waals surface area contributed by atoms with Crippen LogP contribution in [-0.4, -0.2) is 7.11 Å². The van der Waals surface area contributed by atoms with Gasteiger partial charge in [-0.1, -0.05) is 12.1 Å². The quantitative estimate of drug-likeness (QED) is 0.889. The molecular weight excluding hydrogens is 236 g/mol. The molecule has 1 heterocycles. The summed E-state index contributed by atoms with van der Waals surface area (Å²) < 4.78 is 5.17. The average Bonchev–Trinajstić information content (AvgIpc) is 2.90. The van der Waals surface area contributed by atoms with Crippen LogP contribution in [0, 0.1) is 11.3 Å². The zero-order valence-corrected chi connectivity index (χ0v) is 10.7. The molecule has 94 valence electrons. The molecule has 0 saturated carbocycles. The Kier molecular flexibility index (Phi) is 2.85. The van der Waals surface area contributed by atoms with Crippen LogP contribution in [0.2, 0.25) is 0 Å². The van der Waals surface area contributed by atoms with Gasteiger partial charge in [-0.25, -0.2) is 0 Å². The molecule has 1 N–H and O–H groups in total. The molecule has 0 aromatic heterocycles. The molecule has 0 bridgehead atoms. The Morgan fingerprint density at radius 2 is 2.00 bits per heavy atom. The zero-order valence-electron chi connectivity index (χ0n) is 10.7. The smallest absolute Gasteiger partial charge is 0.118 e. The van der Waals surface area contributed by atoms with Crippen LogP contribution in [0.3, 0.4) is 0 Å². The van der Waals surface area contributed by atoms with Crippen LogP contribution in [0.4, 0.5) is 5.69 Å². The fraction of sp³-hybridized carbons (Fsp3) is 0.188. The van der Waals surface area contributed by atoms with E-state index in [4.69, 9.17) is 10.00 Å². The molecule has 1 unspecified atom stereocenters. The molecule has 0 amide bonds. The van der Waals surface area contributed by atoms with Crippen molar-refractivity contribution in [2.45, 2.75) is 12.5 Å². The Bertz CT molecular complexity index is 641. The van der Waals surface area contributed by atoms with Crippen molar-refractivity contribution in [2.24, 2.45) is 0 Å². The first-order valence-electron chi connectivity index (χ1n) is 6.23. The topological polar surface area (TPSA) is 45.0 Å². The van der Waals surface area contributed by atoms with E-state index in [9.17, 15) is 0 Å². The average molecular weight is 250 g/mol. The number of anilines is 1. The van der Waals surface area contributed by atoms with Crippen LogP contribution >= 0.6 is 0 Å². The molecule has 1 aliphatic rings. The third-order valence-corrected chi connectivity index (χ3v) is 3.51. The summed E-state index contributed by atoms with van der Waals surface area (Å²) >= 11 is 0. The van der Waals surface area contributed by atoms with E-state index in [0.717, 1.165) is 23.4 Å². The van der Waals surface area contributed by atoms with Gasteiger partial charge in [0.2, 0.25) is 0 Å². The van der Waals surface area contributed by atoms with Crippen molar-refractivity contribution in [1.82, 2.24) is 0 Å². The highest BCUT2D eigenvalue weighted by Gasteiger charge is 2.22. The zero-order chi connectivity index (χ0) is 13.2. The predicted octanol–water partition coefficient (Wildman–Crippen LogP) is 3.28. The van der Waals surface area contributed by atoms with Crippen molar-refractivity contribution >= 4 is 5.69 Å². The highest BCUT2D eigenvalue weighted by atomic mass is 16.5. The molecule has 0 spiro atoms. The van der Waals surface area contributed by atoms with E-state index in [1.54, 1.807) is 7.11 Å². The number of nitriles is 1. The predicted molar refractivity (Wildman–Crippen MR) is 74.2 cm³/mol. The number of hydrogen-bond donors (Lipinski definition) is 1. The lowest BCUT2D eigenvalue weighted by Crippen LogP contribution is -2.05. The Morgan fingerprint density at radius 1 is 1.21 bits per heavy atom. The van der Waals surface area contributed by atoms with Gasteiger partial charge in [0, 0.05) is 5.69 Å². The minimum atomic E-state index is 0.273. The van der Waals surface area contributed by atoms with Crippen molar-refractivity contribution in [2.75, 3.05) is 12.4 Å². The third kappa shape index (κ3) is 2.13. The van der Waals surface area contributed by atoms with Crippen molar-refractivity contribution in [3.63, 3.8) is 0 Å². The Morgan fingerprint density at radius 3 is 2.68 bits per heavy atom. The minimum absolute atomic E-state index is 0.273. The second-order valence-electron chi connectivity index (χ2n) is 4.66. The molecular formula is C16H14N2O. The molecule has 3 nitrogen and oxygen atoms in total. The van der Waals surface area contributed by atoms with Gasteiger partial charge in [-0.2, -0.15) is 5.26 Å². The minimum Gasteiger partial charge on any atom is -0.497 e. The normalized spacial score (nSPS) is 16.3. The number of hydrogen-bond acceptors (Lipinski definition) is 3. The van der Waals surface area contributed by atoms with Crippen LogP contribution in [0.5, 0.6) is 5.75 Å². The molecule has 0 fully saturated rings. The van der Waals surface area contributed by atoms with Gasteiger partial charge in [-0.3, -0.25) is 0 Å². The van der Waals surface area contributed by atoms with Gasteiger partial charge in [0.25, 0.3) is 0 Å². The summed E-state index contributed by atoms with van der Waals surface area (Å²) in [7, 11) is 1.67. The summed E-state index contributed by atoms with van der Waals surface area (Å²) in [5.41, 5.74) is 4.28. The van der Waals surface area contributed by atoms with Gasteiger partial charge in [0.05, 0.1) is 24.8 Å². The number of nitrogens with one attached hydrogen (secondary N) is 1. The number of fused-ring (bicyclic) bond motifs is 1. The first-order chi connectivity index (χ1) is 9.30. The SMILES string of the molecule is COc1ccc(C2Cc3cc(C#N)ccc3N2)cc1. The van der Waals surface area contributed by atoms with Gasteiger partial charge in [-0.15, -0.1) is 0 Å². The van der Waals surface area contributed by atoms with Crippen molar-refractivity contribution in [3.8, 4) is 11.8 Å². The summed E-state index contributed by atoms with van der Waals surface area (Å²) in [4.78, 5) is 0. The van der Waals surface area contributed by atoms with E-state index in [1.807, 2.05) is 30.3 Å². The van der Waals surface area contributed by atoms with Crippen LogP contribution in [0.15, 0.2) is 42.5 Å². The van der Waals surface area contributed by atoms with Crippen LogP contribution < -0.4 is 10.1 Å². The first-order valence-corrected chi connectivity index (χ1v) is 6.23. The van der Waals surface area contributed by atoms with Crippen molar-refractivity contribution < 1.29 is 4.74 Å². The molecule has 2 aromatic carbocycles. The van der Waals surface area contributed by atoms with Gasteiger partial charge in [0.15, 0.2) is 0 Å². The maximum atomic E-state index is 8.93. The molecule has 0 radical (unpaired) electrons. The summed E-state index contributed by atoms with van der Waals surface area (Å²) in [6, 6.07) is 16.4. The molecule has 2 aromatic rings. The Labute approximate surface area is 112 Å². The lowest BCUT2D eigenvalue weighted by Gasteiger charge is -2.12. The largest absolute Gasteiger partial charge is 0.497 e. The van der Waals surface area contributed by atoms with E-state index in [0.29, 0.717) is 0 Å². The number of methoxy groups -OCH3 is 1. The summed E-state index contributed by atoms with van der Waals surface area (Å²) in [5.74, 6) is 0.867. The summed E-state index contributed by atoms with van der Waals surface area (Å²) in [5, 5.41) is 12.4. The monoisotopic (exact) mass is 250 g/mol. The Hall–Kier alpha value is -2.47. The maximum absolute atomic E-state index is 8.93. The van der Waals surface area contributed by atoms with E-state index in [2.05, 4.69) is 23.5 Å². The van der Waals surface area contributed by atoms with Gasteiger partial charge in [0.1, 0.15) is 5.75 Å². The number of benzene rings is 2. The van der Waals surface area contributed by atoms with Gasteiger partial charge < -0.3 is 10.1 Å². The number of nitrogens with zero attached hydrogens (tertiary/aromatic N) is 1. The van der Waals surface area contributed by atoms with Gasteiger partial charge in [-0.05, 0) is 47.9 Å². The van der Waals surface area contributed by atoms with Crippen LogP contribution in [0.25, 0.3) is 0 Å². The van der Waals surface area contributed by atoms with E-state index in [-0.39, 0.29) is 6.04 Å². The first kappa shape index (κ1) is 11.6. The molecule has 1 atom stereocenters. The van der Waals surface area contributed by atoms with E-state index in [1.165, 1.54) is 11.1 Å². The van der Waals surface area contributed by atoms with Crippen LogP contribution in [-0.2, 0) is 6.42 Å². The van der Waals surface area contributed by atoms with Gasteiger partial charge >= 0.3 is 0 Å². The summed E-state index contributed by atoms with van der Waals surface area (Å²) in [6.07, 6.45) is 0.914. The van der Waals surface area contributed by atoms with E-state index >= 15 is 0 Å². The molecule has 0 saturated heterocycles. The second-order valence-corrected chi connectivity index (χ2v) is 4.66. The second kappa shape index (κ2) is 4.66. The fourth-order valence-corrected chi connectivity index (χ4v) is 2.47. The lowest BCUT2D eigenvalue weighted by atomic mass is 10.0. The summed E-state index contributed by atoms with van der Waals surface area (Å²) in [6.45, 7) is 0. The molecule has 3 heteroatoms. The molecule has 19 heavy (non-hydrogen) atoms. The van der Waals surface area contributed by atoms with Crippen molar-refractivity contribution in [1.29, 1.82) is 5.26 Å². The van der Waals surface area contributed by atoms with E-state index < -0.39 is 0 Å². The van der Waals surface area contributed by atoms with Crippen molar-refractivity contribution in [3.05, 3.63) is 59.2 Å². The Balaban J connectivity index is 1.84. The third-order valence-electron chi connectivity index (χ3n) is 3.51. The fourth-order valence-electron chi connectivity index (χ4n) is 2.47. The molecule has 0 aliphatic carbocycles.